The van der Waals surface area contributed by atoms with Gasteiger partial charge in [0.1, 0.15) is 6.04 Å². The largest absolute Gasteiger partial charge is 0.480 e. The molecule has 0 unspecified atom stereocenters. The molecule has 2 N–H and O–H groups in total. The van der Waals surface area contributed by atoms with Crippen molar-refractivity contribution in [1.29, 1.82) is 0 Å². The predicted octanol–water partition coefficient (Wildman–Crippen LogP) is 3.04. The monoisotopic (exact) mass is 339 g/mol. The van der Waals surface area contributed by atoms with E-state index < -0.39 is 35.1 Å². The quantitative estimate of drug-likeness (QED) is 0.880. The number of hydrogen-bond acceptors (Lipinski definition) is 2. The SMILES string of the molecule is O=C(N[C@@H](Cc1ccc(Cl)cc1)C(=O)O)c1cccc(F)c1F. The van der Waals surface area contributed by atoms with Crippen molar-refractivity contribution in [3.63, 3.8) is 0 Å². The molecule has 0 spiro atoms. The maximum absolute atomic E-state index is 13.6. The van der Waals surface area contributed by atoms with E-state index in [0.29, 0.717) is 10.6 Å². The predicted molar refractivity (Wildman–Crippen MR) is 80.4 cm³/mol. The Hall–Kier alpha value is -2.47. The fourth-order valence-corrected chi connectivity index (χ4v) is 2.10. The maximum atomic E-state index is 13.6. The van der Waals surface area contributed by atoms with Crippen LogP contribution in [0, 0.1) is 11.6 Å². The van der Waals surface area contributed by atoms with Gasteiger partial charge in [-0.1, -0.05) is 29.8 Å². The standard InChI is InChI=1S/C16H12ClF2NO3/c17-10-6-4-9(5-7-10)8-13(16(22)23)20-15(21)11-2-1-3-12(18)14(11)19/h1-7,13H,8H2,(H,20,21)(H,22,23)/t13-/m0/s1. The molecule has 2 rings (SSSR count). The first-order valence-electron chi connectivity index (χ1n) is 6.60. The van der Waals surface area contributed by atoms with Crippen LogP contribution in [0.4, 0.5) is 8.78 Å². The van der Waals surface area contributed by atoms with Crippen LogP contribution in [0.1, 0.15) is 15.9 Å². The Kier molecular flexibility index (Phi) is 5.28. The molecule has 0 aliphatic rings. The maximum Gasteiger partial charge on any atom is 0.326 e. The van der Waals surface area contributed by atoms with E-state index in [9.17, 15) is 23.5 Å². The van der Waals surface area contributed by atoms with Crippen LogP contribution in [-0.2, 0) is 11.2 Å². The smallest absolute Gasteiger partial charge is 0.326 e. The lowest BCUT2D eigenvalue weighted by atomic mass is 10.1. The number of amides is 1. The minimum Gasteiger partial charge on any atom is -0.480 e. The first-order chi connectivity index (χ1) is 10.9. The number of halogens is 3. The molecule has 0 saturated carbocycles. The van der Waals surface area contributed by atoms with E-state index in [0.717, 1.165) is 12.1 Å². The van der Waals surface area contributed by atoms with Crippen molar-refractivity contribution < 1.29 is 23.5 Å². The van der Waals surface area contributed by atoms with Crippen LogP contribution in [0.25, 0.3) is 0 Å². The third kappa shape index (κ3) is 4.26. The Morgan fingerprint density at radius 1 is 1.13 bits per heavy atom. The molecule has 2 aromatic rings. The minimum atomic E-state index is -1.32. The molecular formula is C16H12ClF2NO3. The van der Waals surface area contributed by atoms with E-state index in [1.54, 1.807) is 24.3 Å². The summed E-state index contributed by atoms with van der Waals surface area (Å²) in [6.07, 6.45) is -0.0187. The number of carbonyl (C=O) groups is 2. The number of nitrogens with one attached hydrogen (secondary N) is 1. The summed E-state index contributed by atoms with van der Waals surface area (Å²) in [5, 5.41) is 11.9. The summed E-state index contributed by atoms with van der Waals surface area (Å²) in [5.41, 5.74) is 0.0779. The summed E-state index contributed by atoms with van der Waals surface area (Å²) >= 11 is 5.74. The topological polar surface area (TPSA) is 66.4 Å². The van der Waals surface area contributed by atoms with Crippen LogP contribution in [0.5, 0.6) is 0 Å². The zero-order valence-corrected chi connectivity index (χ0v) is 12.5. The molecule has 0 aliphatic carbocycles. The van der Waals surface area contributed by atoms with Gasteiger partial charge in [0.15, 0.2) is 11.6 Å². The van der Waals surface area contributed by atoms with Crippen molar-refractivity contribution in [2.24, 2.45) is 0 Å². The minimum absolute atomic E-state index is 0.0187. The average Bonchev–Trinajstić information content (AvgIpc) is 2.51. The number of aliphatic carboxylic acids is 1. The van der Waals surface area contributed by atoms with Crippen LogP contribution >= 0.6 is 11.6 Å². The van der Waals surface area contributed by atoms with Gasteiger partial charge in [-0.3, -0.25) is 4.79 Å². The Morgan fingerprint density at radius 3 is 2.39 bits per heavy atom. The third-order valence-electron chi connectivity index (χ3n) is 3.15. The van der Waals surface area contributed by atoms with E-state index >= 15 is 0 Å². The highest BCUT2D eigenvalue weighted by molar-refractivity contribution is 6.30. The molecule has 4 nitrogen and oxygen atoms in total. The van der Waals surface area contributed by atoms with Crippen molar-refractivity contribution in [3.8, 4) is 0 Å². The van der Waals surface area contributed by atoms with Crippen molar-refractivity contribution in [3.05, 3.63) is 70.2 Å². The zero-order chi connectivity index (χ0) is 17.0. The van der Waals surface area contributed by atoms with Gasteiger partial charge in [0.05, 0.1) is 5.56 Å². The summed E-state index contributed by atoms with van der Waals surface area (Å²) in [6, 6.07) is 8.24. The molecule has 0 heterocycles. The van der Waals surface area contributed by atoms with Crippen LogP contribution in [0.2, 0.25) is 5.02 Å². The Bertz CT molecular complexity index is 735. The number of hydrogen-bond donors (Lipinski definition) is 2. The first-order valence-corrected chi connectivity index (χ1v) is 6.98. The molecule has 23 heavy (non-hydrogen) atoms. The number of benzene rings is 2. The fraction of sp³-hybridized carbons (Fsp3) is 0.125. The highest BCUT2D eigenvalue weighted by Crippen LogP contribution is 2.13. The molecule has 1 atom stereocenters. The van der Waals surface area contributed by atoms with Crippen molar-refractivity contribution in [1.82, 2.24) is 5.32 Å². The summed E-state index contributed by atoms with van der Waals surface area (Å²) in [7, 11) is 0. The summed E-state index contributed by atoms with van der Waals surface area (Å²) in [5.74, 6) is -4.78. The van der Waals surface area contributed by atoms with Crippen molar-refractivity contribution >= 4 is 23.5 Å². The summed E-state index contributed by atoms with van der Waals surface area (Å²) in [6.45, 7) is 0. The molecule has 0 aromatic heterocycles. The normalized spacial score (nSPS) is 11.8. The molecule has 120 valence electrons. The number of rotatable bonds is 5. The average molecular weight is 340 g/mol. The number of carbonyl (C=O) groups excluding carboxylic acids is 1. The highest BCUT2D eigenvalue weighted by atomic mass is 35.5. The molecule has 7 heteroatoms. The molecular weight excluding hydrogens is 328 g/mol. The molecule has 1 amide bonds. The number of carboxylic acid groups (broad SMARTS) is 1. The van der Waals surface area contributed by atoms with Crippen LogP contribution < -0.4 is 5.32 Å². The molecule has 0 radical (unpaired) electrons. The molecule has 2 aromatic carbocycles. The van der Waals surface area contributed by atoms with Gasteiger partial charge in [-0.2, -0.15) is 0 Å². The highest BCUT2D eigenvalue weighted by Gasteiger charge is 2.23. The number of carboxylic acids is 1. The summed E-state index contributed by atoms with van der Waals surface area (Å²) in [4.78, 5) is 23.3. The van der Waals surface area contributed by atoms with Crippen molar-refractivity contribution in [2.75, 3.05) is 0 Å². The second-order valence-electron chi connectivity index (χ2n) is 4.80. The third-order valence-corrected chi connectivity index (χ3v) is 3.40. The summed E-state index contributed by atoms with van der Waals surface area (Å²) < 4.78 is 26.7. The molecule has 0 fully saturated rings. The second kappa shape index (κ2) is 7.19. The van der Waals surface area contributed by atoms with Gasteiger partial charge in [-0.05, 0) is 29.8 Å². The lowest BCUT2D eigenvalue weighted by Gasteiger charge is -2.15. The van der Waals surface area contributed by atoms with Gasteiger partial charge < -0.3 is 10.4 Å². The lowest BCUT2D eigenvalue weighted by Crippen LogP contribution is -2.42. The second-order valence-corrected chi connectivity index (χ2v) is 5.23. The Labute approximate surface area is 135 Å². The Balaban J connectivity index is 2.16. The van der Waals surface area contributed by atoms with E-state index in [1.807, 2.05) is 0 Å². The van der Waals surface area contributed by atoms with Gasteiger partial charge in [-0.25, -0.2) is 13.6 Å². The van der Waals surface area contributed by atoms with Crippen LogP contribution in [0.15, 0.2) is 42.5 Å². The van der Waals surface area contributed by atoms with Gasteiger partial charge in [-0.15, -0.1) is 0 Å². The molecule has 0 saturated heterocycles. The van der Waals surface area contributed by atoms with E-state index in [2.05, 4.69) is 5.32 Å². The first kappa shape index (κ1) is 16.9. The van der Waals surface area contributed by atoms with E-state index in [1.165, 1.54) is 6.07 Å². The van der Waals surface area contributed by atoms with E-state index in [-0.39, 0.29) is 6.42 Å². The molecule has 0 bridgehead atoms. The lowest BCUT2D eigenvalue weighted by molar-refractivity contribution is -0.139. The Morgan fingerprint density at radius 2 is 1.78 bits per heavy atom. The van der Waals surface area contributed by atoms with Gasteiger partial charge in [0.2, 0.25) is 0 Å². The zero-order valence-electron chi connectivity index (χ0n) is 11.7. The van der Waals surface area contributed by atoms with Crippen LogP contribution in [-0.4, -0.2) is 23.0 Å². The van der Waals surface area contributed by atoms with Gasteiger partial charge >= 0.3 is 5.97 Å². The van der Waals surface area contributed by atoms with E-state index in [4.69, 9.17) is 11.6 Å². The van der Waals surface area contributed by atoms with Gasteiger partial charge in [0, 0.05) is 11.4 Å². The van der Waals surface area contributed by atoms with Crippen LogP contribution in [0.3, 0.4) is 0 Å². The van der Waals surface area contributed by atoms with Gasteiger partial charge in [0.25, 0.3) is 5.91 Å². The fourth-order valence-electron chi connectivity index (χ4n) is 1.97. The van der Waals surface area contributed by atoms with Crippen molar-refractivity contribution in [2.45, 2.75) is 12.5 Å². The molecule has 0 aliphatic heterocycles.